The van der Waals surface area contributed by atoms with Gasteiger partial charge in [0.15, 0.2) is 0 Å². The summed E-state index contributed by atoms with van der Waals surface area (Å²) in [7, 11) is 0. The van der Waals surface area contributed by atoms with Crippen LogP contribution in [-0.4, -0.2) is 10.8 Å². The summed E-state index contributed by atoms with van der Waals surface area (Å²) in [6.45, 7) is 0. The topological polar surface area (TPSA) is 109 Å². The Morgan fingerprint density at radius 3 is 2.69 bits per heavy atom. The molecule has 29 heavy (non-hydrogen) atoms. The predicted octanol–water partition coefficient (Wildman–Crippen LogP) is 5.19. The van der Waals surface area contributed by atoms with E-state index in [1.807, 2.05) is 0 Å². The van der Waals surface area contributed by atoms with Crippen LogP contribution < -0.4 is 5.32 Å². The number of hydrogen-bond acceptors (Lipinski definition) is 5. The van der Waals surface area contributed by atoms with E-state index in [0.717, 1.165) is 6.07 Å². The number of hydrogen-bond donors (Lipinski definition) is 1. The van der Waals surface area contributed by atoms with Crippen molar-refractivity contribution >= 4 is 35.0 Å². The Kier molecular flexibility index (Phi) is 5.71. The molecule has 0 unspecified atom stereocenters. The second kappa shape index (κ2) is 8.37. The Bertz CT molecular complexity index is 1180. The van der Waals surface area contributed by atoms with Crippen LogP contribution in [0, 0.1) is 27.3 Å². The van der Waals surface area contributed by atoms with Crippen LogP contribution in [-0.2, 0) is 4.79 Å². The van der Waals surface area contributed by atoms with Crippen molar-refractivity contribution in [3.63, 3.8) is 0 Å². The zero-order valence-corrected chi connectivity index (χ0v) is 15.3. The minimum atomic E-state index is -0.732. The number of benzene rings is 2. The molecule has 0 bridgehead atoms. The highest BCUT2D eigenvalue weighted by atomic mass is 35.5. The third kappa shape index (κ3) is 4.66. The fraction of sp³-hybridized carbons (Fsp3) is 0. The number of anilines is 1. The number of nitriles is 1. The van der Waals surface area contributed by atoms with Gasteiger partial charge in [-0.1, -0.05) is 17.7 Å². The molecular formula is C20H11ClFN3O4. The highest BCUT2D eigenvalue weighted by molar-refractivity contribution is 6.33. The van der Waals surface area contributed by atoms with Crippen molar-refractivity contribution in [3.05, 3.63) is 86.9 Å². The van der Waals surface area contributed by atoms with Gasteiger partial charge in [0.1, 0.15) is 29.0 Å². The van der Waals surface area contributed by atoms with E-state index < -0.39 is 16.6 Å². The molecule has 0 fully saturated rings. The summed E-state index contributed by atoms with van der Waals surface area (Å²) in [6, 6.07) is 14.0. The van der Waals surface area contributed by atoms with E-state index in [-0.39, 0.29) is 27.7 Å². The van der Waals surface area contributed by atoms with Gasteiger partial charge in [0.05, 0.1) is 9.95 Å². The number of nitro benzene ring substituents is 1. The maximum Gasteiger partial charge on any atom is 0.270 e. The van der Waals surface area contributed by atoms with Crippen LogP contribution in [0.4, 0.5) is 15.8 Å². The maximum absolute atomic E-state index is 13.2. The molecule has 144 valence electrons. The molecule has 0 radical (unpaired) electrons. The van der Waals surface area contributed by atoms with Crippen molar-refractivity contribution in [3.8, 4) is 17.4 Å². The van der Waals surface area contributed by atoms with Crippen molar-refractivity contribution in [2.45, 2.75) is 0 Å². The van der Waals surface area contributed by atoms with Crippen LogP contribution in [0.15, 0.2) is 64.6 Å². The second-order valence-corrected chi connectivity index (χ2v) is 6.16. The van der Waals surface area contributed by atoms with Crippen LogP contribution in [0.2, 0.25) is 5.02 Å². The maximum atomic E-state index is 13.2. The van der Waals surface area contributed by atoms with E-state index in [0.29, 0.717) is 11.3 Å². The van der Waals surface area contributed by atoms with Crippen LogP contribution in [0.3, 0.4) is 0 Å². The Morgan fingerprint density at radius 1 is 1.24 bits per heavy atom. The highest BCUT2D eigenvalue weighted by Gasteiger charge is 2.15. The molecule has 1 N–H and O–H groups in total. The molecule has 3 rings (SSSR count). The number of amides is 1. The minimum absolute atomic E-state index is 0.119. The van der Waals surface area contributed by atoms with Crippen molar-refractivity contribution in [2.24, 2.45) is 0 Å². The summed E-state index contributed by atoms with van der Waals surface area (Å²) in [5.74, 6) is -0.760. The average Bonchev–Trinajstić information content (AvgIpc) is 3.14. The molecule has 1 heterocycles. The second-order valence-electron chi connectivity index (χ2n) is 5.76. The number of carbonyl (C=O) groups is 1. The summed E-state index contributed by atoms with van der Waals surface area (Å²) in [4.78, 5) is 22.5. The smallest absolute Gasteiger partial charge is 0.270 e. The lowest BCUT2D eigenvalue weighted by Crippen LogP contribution is -2.13. The molecule has 0 atom stereocenters. The number of halogens is 2. The van der Waals surface area contributed by atoms with Gasteiger partial charge in [-0.25, -0.2) is 4.39 Å². The molecule has 1 aromatic heterocycles. The van der Waals surface area contributed by atoms with Gasteiger partial charge in [0.25, 0.3) is 11.6 Å². The average molecular weight is 412 g/mol. The monoisotopic (exact) mass is 411 g/mol. The molecule has 0 aliphatic carbocycles. The molecule has 0 aliphatic rings. The Labute approximate surface area is 168 Å². The SMILES string of the molecule is N#C/C(=C\c1ccc(-c2ccc([N+](=O)[O-])cc2Cl)o1)C(=O)Nc1cccc(F)c1. The fourth-order valence-electron chi connectivity index (χ4n) is 2.45. The molecule has 3 aromatic rings. The van der Waals surface area contributed by atoms with Crippen LogP contribution in [0.5, 0.6) is 0 Å². The number of rotatable bonds is 5. The van der Waals surface area contributed by atoms with Crippen LogP contribution >= 0.6 is 11.6 Å². The summed E-state index contributed by atoms with van der Waals surface area (Å²) in [6.07, 6.45) is 1.22. The van der Waals surface area contributed by atoms with Gasteiger partial charge >= 0.3 is 0 Å². The van der Waals surface area contributed by atoms with Gasteiger partial charge in [-0.05, 0) is 36.4 Å². The minimum Gasteiger partial charge on any atom is -0.457 e. The van der Waals surface area contributed by atoms with Crippen LogP contribution in [0.1, 0.15) is 5.76 Å². The summed E-state index contributed by atoms with van der Waals surface area (Å²) in [5.41, 5.74) is 0.199. The first-order valence-corrected chi connectivity index (χ1v) is 8.48. The number of non-ortho nitro benzene ring substituents is 1. The summed E-state index contributed by atoms with van der Waals surface area (Å²) < 4.78 is 18.8. The standard InChI is InChI=1S/C20H11ClFN3O4/c21-18-10-15(25(27)28)4-6-17(18)19-7-5-16(29-19)8-12(11-23)20(26)24-14-3-1-2-13(22)9-14/h1-10H,(H,24,26)/b12-8+. The quantitative estimate of drug-likeness (QED) is 0.269. The number of furan rings is 1. The van der Waals surface area contributed by atoms with E-state index >= 15 is 0 Å². The summed E-state index contributed by atoms with van der Waals surface area (Å²) >= 11 is 6.08. The normalized spacial score (nSPS) is 11.0. The molecule has 1 amide bonds. The number of nitrogens with one attached hydrogen (secondary N) is 1. The zero-order chi connectivity index (χ0) is 21.0. The fourth-order valence-corrected chi connectivity index (χ4v) is 2.72. The van der Waals surface area contributed by atoms with Crippen molar-refractivity contribution < 1.29 is 18.5 Å². The first-order chi connectivity index (χ1) is 13.9. The molecule has 9 heteroatoms. The largest absolute Gasteiger partial charge is 0.457 e. The lowest BCUT2D eigenvalue weighted by Gasteiger charge is -2.03. The number of nitro groups is 1. The number of carbonyl (C=O) groups excluding carboxylic acids is 1. The molecule has 0 saturated heterocycles. The van der Waals surface area contributed by atoms with Gasteiger partial charge in [0.2, 0.25) is 0 Å². The molecule has 0 spiro atoms. The van der Waals surface area contributed by atoms with E-state index in [9.17, 15) is 24.6 Å². The van der Waals surface area contributed by atoms with Crippen molar-refractivity contribution in [2.75, 3.05) is 5.32 Å². The third-order valence-corrected chi connectivity index (χ3v) is 4.10. The van der Waals surface area contributed by atoms with Gasteiger partial charge in [0, 0.05) is 29.5 Å². The van der Waals surface area contributed by atoms with Crippen molar-refractivity contribution in [1.29, 1.82) is 5.26 Å². The van der Waals surface area contributed by atoms with Gasteiger partial charge < -0.3 is 9.73 Å². The lowest BCUT2D eigenvalue weighted by molar-refractivity contribution is -0.384. The van der Waals surface area contributed by atoms with Crippen LogP contribution in [0.25, 0.3) is 17.4 Å². The van der Waals surface area contributed by atoms with Gasteiger partial charge in [-0.3, -0.25) is 14.9 Å². The van der Waals surface area contributed by atoms with E-state index in [1.54, 1.807) is 12.1 Å². The highest BCUT2D eigenvalue weighted by Crippen LogP contribution is 2.32. The molecule has 2 aromatic carbocycles. The van der Waals surface area contributed by atoms with Gasteiger partial charge in [-0.2, -0.15) is 5.26 Å². The van der Waals surface area contributed by atoms with E-state index in [1.165, 1.54) is 48.5 Å². The molecular weight excluding hydrogens is 401 g/mol. The van der Waals surface area contributed by atoms with E-state index in [4.69, 9.17) is 16.0 Å². The van der Waals surface area contributed by atoms with Crippen molar-refractivity contribution in [1.82, 2.24) is 0 Å². The molecule has 0 saturated carbocycles. The first-order valence-electron chi connectivity index (χ1n) is 8.10. The zero-order valence-electron chi connectivity index (χ0n) is 14.6. The Morgan fingerprint density at radius 2 is 2.03 bits per heavy atom. The van der Waals surface area contributed by atoms with Gasteiger partial charge in [-0.15, -0.1) is 0 Å². The Balaban J connectivity index is 1.83. The van der Waals surface area contributed by atoms with E-state index in [2.05, 4.69) is 5.32 Å². The lowest BCUT2D eigenvalue weighted by atomic mass is 10.1. The predicted molar refractivity (Wildman–Crippen MR) is 104 cm³/mol. The Hall–Kier alpha value is -3.96. The summed E-state index contributed by atoms with van der Waals surface area (Å²) in [5, 5.41) is 22.6. The third-order valence-electron chi connectivity index (χ3n) is 3.79. The molecule has 7 nitrogen and oxygen atoms in total. The number of nitrogens with zero attached hydrogens (tertiary/aromatic N) is 2. The first kappa shape index (κ1) is 19.8. The molecule has 0 aliphatic heterocycles.